The van der Waals surface area contributed by atoms with Crippen LogP contribution in [0.2, 0.25) is 0 Å². The summed E-state index contributed by atoms with van der Waals surface area (Å²) in [5.74, 6) is 0.807. The van der Waals surface area contributed by atoms with E-state index in [-0.39, 0.29) is 5.91 Å². The van der Waals surface area contributed by atoms with Crippen molar-refractivity contribution < 1.29 is 4.79 Å². The predicted octanol–water partition coefficient (Wildman–Crippen LogP) is 3.48. The lowest BCUT2D eigenvalue weighted by Gasteiger charge is -2.10. The van der Waals surface area contributed by atoms with Crippen molar-refractivity contribution in [1.29, 1.82) is 0 Å². The van der Waals surface area contributed by atoms with Gasteiger partial charge in [-0.05, 0) is 29.8 Å². The quantitative estimate of drug-likeness (QED) is 0.776. The Balaban J connectivity index is 1.99. The number of hydrogen-bond acceptors (Lipinski definition) is 2. The molecule has 1 amide bonds. The lowest BCUT2D eigenvalue weighted by atomic mass is 10.2. The van der Waals surface area contributed by atoms with E-state index in [1.165, 1.54) is 12.5 Å². The Morgan fingerprint density at radius 2 is 1.91 bits per heavy atom. The lowest BCUT2D eigenvalue weighted by molar-refractivity contribution is -0.119. The highest BCUT2D eigenvalue weighted by molar-refractivity contribution is 9.10. The van der Waals surface area contributed by atoms with Gasteiger partial charge in [0.2, 0.25) is 5.91 Å². The molecule has 0 saturated carbocycles. The number of fused-ring (bicyclic) bond motifs is 1. The van der Waals surface area contributed by atoms with E-state index in [4.69, 9.17) is 0 Å². The van der Waals surface area contributed by atoms with Gasteiger partial charge in [-0.3, -0.25) is 4.79 Å². The van der Waals surface area contributed by atoms with E-state index in [1.54, 1.807) is 0 Å². The van der Waals surface area contributed by atoms with Crippen LogP contribution in [-0.2, 0) is 17.9 Å². The van der Waals surface area contributed by atoms with Crippen LogP contribution < -0.4 is 5.32 Å². The number of amides is 1. The van der Waals surface area contributed by atoms with Gasteiger partial charge in [0, 0.05) is 17.9 Å². The Morgan fingerprint density at radius 3 is 2.64 bits per heavy atom. The number of aromatic nitrogens is 2. The molecule has 0 fully saturated rings. The normalized spacial score (nSPS) is 10.8. The minimum Gasteiger partial charge on any atom is -0.349 e. The third kappa shape index (κ3) is 3.20. The van der Waals surface area contributed by atoms with E-state index in [0.29, 0.717) is 6.54 Å². The Morgan fingerprint density at radius 1 is 1.18 bits per heavy atom. The maximum atomic E-state index is 11.2. The molecule has 3 rings (SSSR count). The molecule has 2 aromatic carbocycles. The molecule has 0 aliphatic carbocycles. The van der Waals surface area contributed by atoms with Gasteiger partial charge in [-0.1, -0.05) is 40.2 Å². The second kappa shape index (κ2) is 6.32. The predicted molar refractivity (Wildman–Crippen MR) is 90.5 cm³/mol. The van der Waals surface area contributed by atoms with Crippen LogP contribution in [0.4, 0.5) is 0 Å². The monoisotopic (exact) mass is 357 g/mol. The molecule has 0 radical (unpaired) electrons. The second-order valence-corrected chi connectivity index (χ2v) is 6.05. The van der Waals surface area contributed by atoms with Crippen LogP contribution in [0.15, 0.2) is 53.0 Å². The Bertz CT molecular complexity index is 808. The standard InChI is InChI=1S/C17H16BrN3O/c1-12(22)19-10-17-20-15-4-2-3-5-16(15)21(17)11-13-6-8-14(18)9-7-13/h2-9H,10-11H2,1H3,(H,19,22). The summed E-state index contributed by atoms with van der Waals surface area (Å²) in [6, 6.07) is 16.3. The van der Waals surface area contributed by atoms with Crippen LogP contribution in [0.1, 0.15) is 18.3 Å². The molecule has 0 saturated heterocycles. The molecule has 0 spiro atoms. The van der Waals surface area contributed by atoms with Gasteiger partial charge >= 0.3 is 0 Å². The van der Waals surface area contributed by atoms with Gasteiger partial charge in [-0.15, -0.1) is 0 Å². The fourth-order valence-electron chi connectivity index (χ4n) is 2.41. The SMILES string of the molecule is CC(=O)NCc1nc2ccccc2n1Cc1ccc(Br)cc1. The molecule has 4 nitrogen and oxygen atoms in total. The molecule has 112 valence electrons. The average molecular weight is 358 g/mol. The molecular formula is C17H16BrN3O. The van der Waals surface area contributed by atoms with Gasteiger partial charge in [0.25, 0.3) is 0 Å². The molecule has 5 heteroatoms. The molecule has 0 bridgehead atoms. The van der Waals surface area contributed by atoms with E-state index < -0.39 is 0 Å². The third-order valence-electron chi connectivity index (χ3n) is 3.48. The van der Waals surface area contributed by atoms with Crippen LogP contribution in [0.5, 0.6) is 0 Å². The fraction of sp³-hybridized carbons (Fsp3) is 0.176. The highest BCUT2D eigenvalue weighted by Gasteiger charge is 2.11. The number of para-hydroxylation sites is 2. The number of nitrogens with zero attached hydrogens (tertiary/aromatic N) is 2. The smallest absolute Gasteiger partial charge is 0.217 e. The Hall–Kier alpha value is -2.14. The Labute approximate surface area is 137 Å². The largest absolute Gasteiger partial charge is 0.349 e. The molecule has 0 atom stereocenters. The number of nitrogens with one attached hydrogen (secondary N) is 1. The topological polar surface area (TPSA) is 46.9 Å². The first-order valence-electron chi connectivity index (χ1n) is 7.06. The van der Waals surface area contributed by atoms with Gasteiger partial charge < -0.3 is 9.88 Å². The van der Waals surface area contributed by atoms with Crippen molar-refractivity contribution in [3.8, 4) is 0 Å². The first kappa shape index (κ1) is 14.8. The molecule has 1 N–H and O–H groups in total. The van der Waals surface area contributed by atoms with Crippen LogP contribution in [-0.4, -0.2) is 15.5 Å². The fourth-order valence-corrected chi connectivity index (χ4v) is 2.68. The van der Waals surface area contributed by atoms with Gasteiger partial charge in [0.05, 0.1) is 17.6 Å². The van der Waals surface area contributed by atoms with Crippen molar-refractivity contribution in [3.05, 3.63) is 64.4 Å². The summed E-state index contributed by atoms with van der Waals surface area (Å²) in [6.07, 6.45) is 0. The first-order chi connectivity index (χ1) is 10.6. The summed E-state index contributed by atoms with van der Waals surface area (Å²) in [4.78, 5) is 15.8. The molecule has 0 aliphatic heterocycles. The number of carbonyl (C=O) groups excluding carboxylic acids is 1. The molecule has 22 heavy (non-hydrogen) atoms. The second-order valence-electron chi connectivity index (χ2n) is 5.14. The number of carbonyl (C=O) groups is 1. The number of rotatable bonds is 4. The summed E-state index contributed by atoms with van der Waals surface area (Å²) in [7, 11) is 0. The molecule has 1 heterocycles. The van der Waals surface area contributed by atoms with Gasteiger partial charge in [-0.2, -0.15) is 0 Å². The first-order valence-corrected chi connectivity index (χ1v) is 7.86. The van der Waals surface area contributed by atoms with E-state index in [0.717, 1.165) is 27.9 Å². The number of imidazole rings is 1. The van der Waals surface area contributed by atoms with Crippen molar-refractivity contribution in [2.45, 2.75) is 20.0 Å². The van der Waals surface area contributed by atoms with E-state index >= 15 is 0 Å². The van der Waals surface area contributed by atoms with Crippen molar-refractivity contribution in [2.24, 2.45) is 0 Å². The highest BCUT2D eigenvalue weighted by atomic mass is 79.9. The minimum absolute atomic E-state index is 0.0535. The molecule has 3 aromatic rings. The van der Waals surface area contributed by atoms with Gasteiger partial charge in [0.1, 0.15) is 5.82 Å². The number of hydrogen-bond donors (Lipinski definition) is 1. The third-order valence-corrected chi connectivity index (χ3v) is 4.01. The maximum absolute atomic E-state index is 11.2. The molecule has 0 unspecified atom stereocenters. The summed E-state index contributed by atoms with van der Waals surface area (Å²) in [6.45, 7) is 2.67. The summed E-state index contributed by atoms with van der Waals surface area (Å²) < 4.78 is 3.21. The summed E-state index contributed by atoms with van der Waals surface area (Å²) in [5, 5.41) is 2.83. The lowest BCUT2D eigenvalue weighted by Crippen LogP contribution is -2.21. The van der Waals surface area contributed by atoms with Crippen molar-refractivity contribution in [3.63, 3.8) is 0 Å². The van der Waals surface area contributed by atoms with Crippen molar-refractivity contribution in [2.75, 3.05) is 0 Å². The van der Waals surface area contributed by atoms with Crippen molar-refractivity contribution >= 4 is 32.9 Å². The zero-order chi connectivity index (χ0) is 15.5. The van der Waals surface area contributed by atoms with E-state index in [9.17, 15) is 4.79 Å². The van der Waals surface area contributed by atoms with Gasteiger partial charge in [-0.25, -0.2) is 4.98 Å². The molecule has 1 aromatic heterocycles. The van der Waals surface area contributed by atoms with Crippen LogP contribution in [0.25, 0.3) is 11.0 Å². The maximum Gasteiger partial charge on any atom is 0.217 e. The zero-order valence-electron chi connectivity index (χ0n) is 12.2. The molecular weight excluding hydrogens is 342 g/mol. The Kier molecular flexibility index (Phi) is 4.24. The zero-order valence-corrected chi connectivity index (χ0v) is 13.8. The van der Waals surface area contributed by atoms with Crippen LogP contribution >= 0.6 is 15.9 Å². The number of halogens is 1. The van der Waals surface area contributed by atoms with E-state index in [1.807, 2.05) is 30.3 Å². The van der Waals surface area contributed by atoms with Crippen LogP contribution in [0, 0.1) is 0 Å². The number of benzene rings is 2. The summed E-state index contributed by atoms with van der Waals surface area (Å²) >= 11 is 3.45. The van der Waals surface area contributed by atoms with Crippen LogP contribution in [0.3, 0.4) is 0 Å². The highest BCUT2D eigenvalue weighted by Crippen LogP contribution is 2.19. The average Bonchev–Trinajstić information content (AvgIpc) is 2.85. The van der Waals surface area contributed by atoms with Crippen molar-refractivity contribution in [1.82, 2.24) is 14.9 Å². The minimum atomic E-state index is -0.0535. The van der Waals surface area contributed by atoms with E-state index in [2.05, 4.69) is 49.0 Å². The summed E-state index contributed by atoms with van der Waals surface area (Å²) in [5.41, 5.74) is 3.21. The molecule has 0 aliphatic rings. The van der Waals surface area contributed by atoms with Gasteiger partial charge in [0.15, 0.2) is 0 Å².